The number of piperidine rings is 1. The number of benzene rings is 1. The van der Waals surface area contributed by atoms with E-state index in [0.717, 1.165) is 42.7 Å². The minimum Gasteiger partial charge on any atom is -0.494 e. The van der Waals surface area contributed by atoms with E-state index in [1.807, 2.05) is 45.9 Å². The van der Waals surface area contributed by atoms with Crippen LogP contribution in [0, 0.1) is 18.2 Å². The van der Waals surface area contributed by atoms with Crippen LogP contribution in [0.3, 0.4) is 0 Å². The first-order chi connectivity index (χ1) is 19.8. The molecule has 0 unspecified atom stereocenters. The van der Waals surface area contributed by atoms with Gasteiger partial charge in [0.15, 0.2) is 17.7 Å². The normalized spacial score (nSPS) is 15.8. The molecule has 3 heterocycles. The zero-order valence-corrected chi connectivity index (χ0v) is 25.7. The third-order valence-corrected chi connectivity index (χ3v) is 7.57. The number of hydrogen-bond acceptors (Lipinski definition) is 7. The number of carboxylic acid groups (broad SMARTS) is 1. The molecule has 3 aromatic rings. The number of aromatic nitrogens is 2. The summed E-state index contributed by atoms with van der Waals surface area (Å²) in [5.41, 5.74) is 3.72. The van der Waals surface area contributed by atoms with Crippen LogP contribution in [0.5, 0.6) is 11.5 Å². The van der Waals surface area contributed by atoms with Crippen molar-refractivity contribution in [2.45, 2.75) is 72.5 Å². The fourth-order valence-electron chi connectivity index (χ4n) is 5.15. The van der Waals surface area contributed by atoms with Gasteiger partial charge in [0.2, 0.25) is 0 Å². The van der Waals surface area contributed by atoms with Crippen LogP contribution < -0.4 is 14.4 Å². The first-order valence-electron chi connectivity index (χ1n) is 14.3. The maximum atomic E-state index is 14.0. The molecular weight excluding hydrogens is 537 g/mol. The van der Waals surface area contributed by atoms with Gasteiger partial charge in [-0.2, -0.15) is 0 Å². The molecule has 0 radical (unpaired) electrons. The Kier molecular flexibility index (Phi) is 9.40. The van der Waals surface area contributed by atoms with Crippen molar-refractivity contribution in [3.8, 4) is 22.8 Å². The predicted octanol–water partition coefficient (Wildman–Crippen LogP) is 6.79. The molecule has 8 nitrogen and oxygen atoms in total. The Bertz CT molecular complexity index is 1390. The summed E-state index contributed by atoms with van der Waals surface area (Å²) in [7, 11) is 1.44. The number of nitrogens with zero attached hydrogens (tertiary/aromatic N) is 3. The van der Waals surface area contributed by atoms with Crippen molar-refractivity contribution >= 4 is 11.7 Å². The molecule has 4 rings (SSSR count). The summed E-state index contributed by atoms with van der Waals surface area (Å²) in [6.45, 7) is 13.8. The summed E-state index contributed by atoms with van der Waals surface area (Å²) in [6, 6.07) is 8.55. The van der Waals surface area contributed by atoms with Crippen molar-refractivity contribution in [1.29, 1.82) is 0 Å². The summed E-state index contributed by atoms with van der Waals surface area (Å²) in [4.78, 5) is 24.1. The quantitative estimate of drug-likeness (QED) is 0.281. The van der Waals surface area contributed by atoms with Crippen LogP contribution in [-0.2, 0) is 16.0 Å². The van der Waals surface area contributed by atoms with E-state index in [-0.39, 0.29) is 11.2 Å². The van der Waals surface area contributed by atoms with E-state index in [2.05, 4.69) is 28.7 Å². The number of rotatable bonds is 10. The highest BCUT2D eigenvalue weighted by Crippen LogP contribution is 2.43. The average Bonchev–Trinajstić information content (AvgIpc) is 2.92. The standard InChI is InChI=1S/C33H42FN3O5/c1-21-28(30(31(38)39)42-32(2,3)4)29(37-15-13-33(5,6)14-16-37)24(20-35-21)26-10-9-23(19-36-26)41-17-12-22-8-11-27(40-7)25(34)18-22/h8-11,18-20,30H,12-17H2,1-7H3,(H,38,39)/t30-/m0/s1. The molecule has 1 aliphatic heterocycles. The summed E-state index contributed by atoms with van der Waals surface area (Å²) < 4.78 is 31.0. The van der Waals surface area contributed by atoms with Crippen molar-refractivity contribution < 1.29 is 28.5 Å². The predicted molar refractivity (Wildman–Crippen MR) is 161 cm³/mol. The van der Waals surface area contributed by atoms with Crippen molar-refractivity contribution in [3.63, 3.8) is 0 Å². The number of halogens is 1. The summed E-state index contributed by atoms with van der Waals surface area (Å²) in [5, 5.41) is 10.3. The van der Waals surface area contributed by atoms with Crippen molar-refractivity contribution in [1.82, 2.24) is 9.97 Å². The lowest BCUT2D eigenvalue weighted by molar-refractivity contribution is -0.160. The van der Waals surface area contributed by atoms with Gasteiger partial charge in [0.05, 0.1) is 36.9 Å². The van der Waals surface area contributed by atoms with Crippen LogP contribution in [0.15, 0.2) is 42.7 Å². The Morgan fingerprint density at radius 1 is 1.12 bits per heavy atom. The number of carbonyl (C=O) groups is 1. The monoisotopic (exact) mass is 579 g/mol. The molecule has 42 heavy (non-hydrogen) atoms. The van der Waals surface area contributed by atoms with Crippen molar-refractivity contribution in [2.75, 3.05) is 31.7 Å². The van der Waals surface area contributed by atoms with E-state index >= 15 is 0 Å². The van der Waals surface area contributed by atoms with Gasteiger partial charge >= 0.3 is 5.97 Å². The molecule has 1 aromatic carbocycles. The summed E-state index contributed by atoms with van der Waals surface area (Å²) in [5.74, 6) is -0.675. The van der Waals surface area contributed by atoms with Crippen LogP contribution in [0.1, 0.15) is 70.4 Å². The van der Waals surface area contributed by atoms with Gasteiger partial charge in [-0.05, 0) is 75.8 Å². The fourth-order valence-corrected chi connectivity index (χ4v) is 5.15. The molecule has 1 saturated heterocycles. The molecule has 0 amide bonds. The van der Waals surface area contributed by atoms with E-state index in [1.165, 1.54) is 13.2 Å². The van der Waals surface area contributed by atoms with Crippen LogP contribution in [0.2, 0.25) is 0 Å². The fraction of sp³-hybridized carbons (Fsp3) is 0.485. The van der Waals surface area contributed by atoms with Gasteiger partial charge in [-0.1, -0.05) is 19.9 Å². The largest absolute Gasteiger partial charge is 0.494 e. The molecule has 0 aliphatic carbocycles. The van der Waals surface area contributed by atoms with Gasteiger partial charge in [-0.15, -0.1) is 0 Å². The van der Waals surface area contributed by atoms with Gasteiger partial charge < -0.3 is 24.2 Å². The maximum Gasteiger partial charge on any atom is 0.337 e. The van der Waals surface area contributed by atoms with Crippen LogP contribution in [0.25, 0.3) is 11.3 Å². The molecule has 2 aromatic heterocycles. The lowest BCUT2D eigenvalue weighted by Crippen LogP contribution is -2.39. The zero-order valence-electron chi connectivity index (χ0n) is 25.7. The first-order valence-corrected chi connectivity index (χ1v) is 14.3. The minimum absolute atomic E-state index is 0.209. The zero-order chi connectivity index (χ0) is 30.7. The Morgan fingerprint density at radius 2 is 1.83 bits per heavy atom. The lowest BCUT2D eigenvalue weighted by atomic mass is 9.82. The lowest BCUT2D eigenvalue weighted by Gasteiger charge is -2.40. The number of pyridine rings is 2. The third kappa shape index (κ3) is 7.56. The van der Waals surface area contributed by atoms with Gasteiger partial charge in [0, 0.05) is 42.5 Å². The Morgan fingerprint density at radius 3 is 2.40 bits per heavy atom. The molecule has 9 heteroatoms. The molecule has 226 valence electrons. The molecule has 1 atom stereocenters. The van der Waals surface area contributed by atoms with Gasteiger partial charge in [0.25, 0.3) is 0 Å². The number of aryl methyl sites for hydroxylation is 1. The van der Waals surface area contributed by atoms with Gasteiger partial charge in [0.1, 0.15) is 5.75 Å². The molecule has 0 bridgehead atoms. The van der Waals surface area contributed by atoms with E-state index in [1.54, 1.807) is 18.5 Å². The van der Waals surface area contributed by atoms with Crippen LogP contribution >= 0.6 is 0 Å². The smallest absolute Gasteiger partial charge is 0.337 e. The number of aliphatic carboxylic acids is 1. The van der Waals surface area contributed by atoms with Gasteiger partial charge in [-0.25, -0.2) is 9.18 Å². The molecular formula is C33H42FN3O5. The number of ether oxygens (including phenoxy) is 3. The Labute approximate surface area is 247 Å². The first kappa shape index (κ1) is 31.2. The third-order valence-electron chi connectivity index (χ3n) is 7.57. The summed E-state index contributed by atoms with van der Waals surface area (Å²) >= 11 is 0. The number of hydrogen-bond donors (Lipinski definition) is 1. The topological polar surface area (TPSA) is 94.0 Å². The molecule has 1 fully saturated rings. The van der Waals surface area contributed by atoms with E-state index < -0.39 is 23.5 Å². The van der Waals surface area contributed by atoms with Crippen molar-refractivity contribution in [3.05, 3.63) is 65.4 Å². The number of anilines is 1. The van der Waals surface area contributed by atoms with E-state index in [0.29, 0.717) is 35.7 Å². The van der Waals surface area contributed by atoms with Crippen molar-refractivity contribution in [2.24, 2.45) is 5.41 Å². The second-order valence-electron chi connectivity index (χ2n) is 12.6. The molecule has 1 N–H and O–H groups in total. The molecule has 0 saturated carbocycles. The highest BCUT2D eigenvalue weighted by atomic mass is 19.1. The maximum absolute atomic E-state index is 14.0. The highest BCUT2D eigenvalue weighted by molar-refractivity contribution is 5.85. The second-order valence-corrected chi connectivity index (χ2v) is 12.6. The highest BCUT2D eigenvalue weighted by Gasteiger charge is 2.36. The van der Waals surface area contributed by atoms with E-state index in [4.69, 9.17) is 14.2 Å². The average molecular weight is 580 g/mol. The second kappa shape index (κ2) is 12.7. The van der Waals surface area contributed by atoms with Gasteiger partial charge in [-0.3, -0.25) is 9.97 Å². The Balaban J connectivity index is 1.64. The Hall–Kier alpha value is -3.72. The number of methoxy groups -OCH3 is 1. The van der Waals surface area contributed by atoms with Crippen LogP contribution in [0.4, 0.5) is 10.1 Å². The minimum atomic E-state index is -1.19. The number of carboxylic acids is 1. The van der Waals surface area contributed by atoms with Crippen LogP contribution in [-0.4, -0.2) is 53.5 Å². The van der Waals surface area contributed by atoms with E-state index in [9.17, 15) is 14.3 Å². The molecule has 0 spiro atoms. The summed E-state index contributed by atoms with van der Waals surface area (Å²) in [6.07, 6.45) is 4.70. The molecule has 1 aliphatic rings. The SMILES string of the molecule is COc1ccc(CCOc2ccc(-c3cnc(C)c([C@H](OC(C)(C)C)C(=O)O)c3N3CCC(C)(C)CC3)nc2)cc1F.